The Hall–Kier alpha value is -3.02. The average molecular weight is 380 g/mol. The number of fused-ring (bicyclic) bond motifs is 1. The van der Waals surface area contributed by atoms with E-state index in [0.29, 0.717) is 16.9 Å². The number of imidazole rings is 1. The van der Waals surface area contributed by atoms with E-state index in [9.17, 15) is 8.78 Å². The number of aryl methyl sites for hydroxylation is 1. The van der Waals surface area contributed by atoms with Gasteiger partial charge in [0, 0.05) is 18.0 Å². The molecule has 0 saturated heterocycles. The lowest BCUT2D eigenvalue weighted by Gasteiger charge is -2.16. The summed E-state index contributed by atoms with van der Waals surface area (Å²) in [6, 6.07) is 9.06. The van der Waals surface area contributed by atoms with Crippen molar-refractivity contribution in [3.8, 4) is 22.6 Å². The molecule has 4 rings (SSSR count). The van der Waals surface area contributed by atoms with E-state index < -0.39 is 11.6 Å². The highest BCUT2D eigenvalue weighted by atomic mass is 19.1. The number of aromatic amines is 1. The van der Waals surface area contributed by atoms with Crippen LogP contribution in [-0.4, -0.2) is 19.7 Å². The van der Waals surface area contributed by atoms with Crippen molar-refractivity contribution in [3.63, 3.8) is 0 Å². The topological polar surface area (TPSA) is 46.5 Å². The number of halogens is 2. The second-order valence-corrected chi connectivity index (χ2v) is 8.11. The molecule has 0 aliphatic carbocycles. The molecule has 6 heteroatoms. The molecular formula is C22H22F2N4. The smallest absolute Gasteiger partial charge is 0.157 e. The van der Waals surface area contributed by atoms with E-state index in [1.807, 2.05) is 18.7 Å². The maximum atomic E-state index is 14.1. The zero-order chi connectivity index (χ0) is 20.2. The van der Waals surface area contributed by atoms with Crippen LogP contribution in [0.5, 0.6) is 0 Å². The lowest BCUT2D eigenvalue weighted by Crippen LogP contribution is -2.13. The van der Waals surface area contributed by atoms with E-state index in [0.717, 1.165) is 22.5 Å². The zero-order valence-electron chi connectivity index (χ0n) is 16.6. The fourth-order valence-corrected chi connectivity index (χ4v) is 3.72. The van der Waals surface area contributed by atoms with Crippen LogP contribution >= 0.6 is 0 Å². The molecule has 0 spiro atoms. The lowest BCUT2D eigenvalue weighted by atomic mass is 9.89. The van der Waals surface area contributed by atoms with Crippen molar-refractivity contribution in [2.24, 2.45) is 7.05 Å². The van der Waals surface area contributed by atoms with Crippen LogP contribution in [-0.2, 0) is 12.5 Å². The molecule has 0 amide bonds. The molecule has 2 aromatic carbocycles. The molecule has 2 aromatic heterocycles. The number of H-pyrrole nitrogens is 1. The molecule has 2 heterocycles. The van der Waals surface area contributed by atoms with E-state index in [1.165, 1.54) is 18.2 Å². The first-order valence-electron chi connectivity index (χ1n) is 9.15. The SMILES string of the molecule is Cc1c(C(C)(C)C)nn(C)c1-c1nc2ccc(-c3c(F)cccc3F)cc2[nH]1. The molecule has 0 saturated carbocycles. The van der Waals surface area contributed by atoms with Crippen LogP contribution in [0.25, 0.3) is 33.7 Å². The predicted molar refractivity (Wildman–Crippen MR) is 107 cm³/mol. The number of hydrogen-bond donors (Lipinski definition) is 1. The highest BCUT2D eigenvalue weighted by Gasteiger charge is 2.25. The Labute approximate surface area is 162 Å². The van der Waals surface area contributed by atoms with Crippen molar-refractivity contribution in [1.29, 1.82) is 0 Å². The van der Waals surface area contributed by atoms with Gasteiger partial charge in [-0.3, -0.25) is 4.68 Å². The van der Waals surface area contributed by atoms with Crippen molar-refractivity contribution in [2.75, 3.05) is 0 Å². The van der Waals surface area contributed by atoms with Gasteiger partial charge in [-0.05, 0) is 36.8 Å². The fraction of sp³-hybridized carbons (Fsp3) is 0.273. The van der Waals surface area contributed by atoms with Crippen LogP contribution < -0.4 is 0 Å². The second-order valence-electron chi connectivity index (χ2n) is 8.11. The normalized spacial score (nSPS) is 12.1. The van der Waals surface area contributed by atoms with Crippen LogP contribution in [0.3, 0.4) is 0 Å². The van der Waals surface area contributed by atoms with Gasteiger partial charge in [-0.25, -0.2) is 13.8 Å². The monoisotopic (exact) mass is 380 g/mol. The Morgan fingerprint density at radius 1 is 1.04 bits per heavy atom. The highest BCUT2D eigenvalue weighted by Crippen LogP contribution is 2.33. The molecule has 0 fully saturated rings. The summed E-state index contributed by atoms with van der Waals surface area (Å²) in [5.41, 5.74) is 4.78. The van der Waals surface area contributed by atoms with Crippen LogP contribution in [0, 0.1) is 18.6 Å². The molecule has 4 nitrogen and oxygen atoms in total. The standard InChI is InChI=1S/C22H22F2N4/c1-12-19(28(5)27-20(12)22(2,3)4)21-25-16-10-9-13(11-17(16)26-21)18-14(23)7-6-8-15(18)24/h6-11H,1-5H3,(H,25,26). The van der Waals surface area contributed by atoms with E-state index >= 15 is 0 Å². The number of hydrogen-bond acceptors (Lipinski definition) is 2. The third kappa shape index (κ3) is 2.89. The number of benzene rings is 2. The van der Waals surface area contributed by atoms with Gasteiger partial charge >= 0.3 is 0 Å². The molecule has 0 aliphatic heterocycles. The van der Waals surface area contributed by atoms with Gasteiger partial charge in [0.15, 0.2) is 5.82 Å². The predicted octanol–water partition coefficient (Wildman–Crippen LogP) is 5.51. The Balaban J connectivity index is 1.86. The quantitative estimate of drug-likeness (QED) is 0.498. The lowest BCUT2D eigenvalue weighted by molar-refractivity contribution is 0.550. The van der Waals surface area contributed by atoms with Gasteiger partial charge in [0.1, 0.15) is 17.3 Å². The molecule has 4 aromatic rings. The molecule has 0 radical (unpaired) electrons. The van der Waals surface area contributed by atoms with Crippen molar-refractivity contribution in [3.05, 3.63) is 59.3 Å². The van der Waals surface area contributed by atoms with Gasteiger partial charge in [0.25, 0.3) is 0 Å². The van der Waals surface area contributed by atoms with Crippen molar-refractivity contribution in [1.82, 2.24) is 19.7 Å². The third-order valence-electron chi connectivity index (χ3n) is 4.95. The molecule has 0 aliphatic rings. The first-order valence-corrected chi connectivity index (χ1v) is 9.15. The van der Waals surface area contributed by atoms with E-state index in [1.54, 1.807) is 18.2 Å². The first-order chi connectivity index (χ1) is 13.2. The van der Waals surface area contributed by atoms with Gasteiger partial charge in [-0.2, -0.15) is 5.10 Å². The highest BCUT2D eigenvalue weighted by molar-refractivity contribution is 5.84. The minimum atomic E-state index is -0.587. The molecule has 144 valence electrons. The summed E-state index contributed by atoms with van der Waals surface area (Å²) < 4.78 is 30.1. The first kappa shape index (κ1) is 18.3. The summed E-state index contributed by atoms with van der Waals surface area (Å²) in [5, 5.41) is 4.67. The molecule has 28 heavy (non-hydrogen) atoms. The van der Waals surface area contributed by atoms with Gasteiger partial charge in [-0.15, -0.1) is 0 Å². The zero-order valence-corrected chi connectivity index (χ0v) is 16.6. The van der Waals surface area contributed by atoms with Crippen LogP contribution in [0.4, 0.5) is 8.78 Å². The molecule has 0 bridgehead atoms. The van der Waals surface area contributed by atoms with Crippen LogP contribution in [0.2, 0.25) is 0 Å². The van der Waals surface area contributed by atoms with Crippen molar-refractivity contribution < 1.29 is 8.78 Å². The second kappa shape index (κ2) is 6.26. The number of aromatic nitrogens is 4. The van der Waals surface area contributed by atoms with Crippen molar-refractivity contribution >= 4 is 11.0 Å². The average Bonchev–Trinajstić information content (AvgIpc) is 3.14. The minimum Gasteiger partial charge on any atom is -0.337 e. The number of rotatable bonds is 2. The summed E-state index contributed by atoms with van der Waals surface area (Å²) in [6.45, 7) is 8.41. The maximum Gasteiger partial charge on any atom is 0.157 e. The summed E-state index contributed by atoms with van der Waals surface area (Å²) in [4.78, 5) is 7.97. The number of nitrogens with one attached hydrogen (secondary N) is 1. The summed E-state index contributed by atoms with van der Waals surface area (Å²) in [5.74, 6) is -0.489. The summed E-state index contributed by atoms with van der Waals surface area (Å²) in [6.07, 6.45) is 0. The fourth-order valence-electron chi connectivity index (χ4n) is 3.72. The number of nitrogens with zero attached hydrogens (tertiary/aromatic N) is 3. The minimum absolute atomic E-state index is 0.0349. The Bertz CT molecular complexity index is 1180. The largest absolute Gasteiger partial charge is 0.337 e. The van der Waals surface area contributed by atoms with Gasteiger partial charge in [-0.1, -0.05) is 32.9 Å². The third-order valence-corrected chi connectivity index (χ3v) is 4.95. The van der Waals surface area contributed by atoms with E-state index in [-0.39, 0.29) is 11.0 Å². The molecular weight excluding hydrogens is 358 g/mol. The van der Waals surface area contributed by atoms with Gasteiger partial charge in [0.05, 0.1) is 22.3 Å². The Kier molecular flexibility index (Phi) is 4.10. The van der Waals surface area contributed by atoms with E-state index in [2.05, 4.69) is 35.8 Å². The van der Waals surface area contributed by atoms with Crippen LogP contribution in [0.15, 0.2) is 36.4 Å². The summed E-state index contributed by atoms with van der Waals surface area (Å²) >= 11 is 0. The molecule has 0 atom stereocenters. The Morgan fingerprint density at radius 3 is 2.32 bits per heavy atom. The summed E-state index contributed by atoms with van der Waals surface area (Å²) in [7, 11) is 1.89. The van der Waals surface area contributed by atoms with Crippen molar-refractivity contribution in [2.45, 2.75) is 33.1 Å². The Morgan fingerprint density at radius 2 is 1.71 bits per heavy atom. The molecule has 1 N–H and O–H groups in total. The van der Waals surface area contributed by atoms with E-state index in [4.69, 9.17) is 0 Å². The van der Waals surface area contributed by atoms with Gasteiger partial charge in [0.2, 0.25) is 0 Å². The maximum absolute atomic E-state index is 14.1. The molecule has 0 unspecified atom stereocenters. The van der Waals surface area contributed by atoms with Gasteiger partial charge < -0.3 is 4.98 Å². The van der Waals surface area contributed by atoms with Crippen LogP contribution in [0.1, 0.15) is 32.0 Å².